The number of likely N-dealkylation sites (N-methyl/N-ethyl adjacent to an activating group) is 1. The van der Waals surface area contributed by atoms with Crippen molar-refractivity contribution in [2.24, 2.45) is 17.3 Å². The predicted molar refractivity (Wildman–Crippen MR) is 85.4 cm³/mol. The smallest absolute Gasteiger partial charge is 0.324 e. The lowest BCUT2D eigenvalue weighted by Crippen LogP contribution is -2.53. The molecule has 2 N–H and O–H groups in total. The van der Waals surface area contributed by atoms with E-state index in [1.807, 2.05) is 0 Å². The second-order valence-electron chi connectivity index (χ2n) is 8.06. The maximum atomic E-state index is 11.7. The minimum absolute atomic E-state index is 0.272. The summed E-state index contributed by atoms with van der Waals surface area (Å²) >= 11 is 0. The second-order valence-corrected chi connectivity index (χ2v) is 8.06. The number of carboxylic acids is 1. The van der Waals surface area contributed by atoms with Gasteiger partial charge < -0.3 is 15.3 Å². The first-order valence-electron chi connectivity index (χ1n) is 8.44. The van der Waals surface area contributed by atoms with Gasteiger partial charge in [0.2, 0.25) is 0 Å². The molecule has 0 aromatic heterocycles. The predicted octanol–water partition coefficient (Wildman–Crippen LogP) is 2.59. The van der Waals surface area contributed by atoms with Crippen molar-refractivity contribution in [3.05, 3.63) is 0 Å². The summed E-state index contributed by atoms with van der Waals surface area (Å²) in [7, 11) is 1.80. The lowest BCUT2D eigenvalue weighted by atomic mass is 9.80. The van der Waals surface area contributed by atoms with Crippen molar-refractivity contribution in [2.45, 2.75) is 58.4 Å². The van der Waals surface area contributed by atoms with Crippen LogP contribution in [-0.4, -0.2) is 48.2 Å². The Hall–Kier alpha value is -0.610. The van der Waals surface area contributed by atoms with Gasteiger partial charge in [0, 0.05) is 6.54 Å². The van der Waals surface area contributed by atoms with E-state index < -0.39 is 11.5 Å². The van der Waals surface area contributed by atoms with Gasteiger partial charge in [0.25, 0.3) is 0 Å². The average molecular weight is 296 g/mol. The number of carbonyl (C=O) groups is 1. The van der Waals surface area contributed by atoms with Gasteiger partial charge in [-0.15, -0.1) is 0 Å². The van der Waals surface area contributed by atoms with E-state index in [0.29, 0.717) is 5.41 Å². The molecule has 2 aliphatic rings. The zero-order valence-corrected chi connectivity index (χ0v) is 14.1. The quantitative estimate of drug-likeness (QED) is 0.819. The van der Waals surface area contributed by atoms with Gasteiger partial charge in [-0.2, -0.15) is 0 Å². The Kier molecular flexibility index (Phi) is 4.99. The molecule has 0 spiro atoms. The highest BCUT2D eigenvalue weighted by Gasteiger charge is 2.47. The number of likely N-dealkylation sites (tertiary alicyclic amines) is 1. The van der Waals surface area contributed by atoms with Gasteiger partial charge in [-0.05, 0) is 63.1 Å². The molecular formula is C17H32N2O2. The molecule has 2 rings (SSSR count). The first-order chi connectivity index (χ1) is 9.79. The molecular weight excluding hydrogens is 264 g/mol. The highest BCUT2D eigenvalue weighted by molar-refractivity contribution is 5.79. The van der Waals surface area contributed by atoms with Crippen LogP contribution < -0.4 is 5.32 Å². The Morgan fingerprint density at radius 1 is 1.38 bits per heavy atom. The molecule has 1 aliphatic carbocycles. The van der Waals surface area contributed by atoms with Crippen LogP contribution in [0.2, 0.25) is 0 Å². The van der Waals surface area contributed by atoms with E-state index in [4.69, 9.17) is 0 Å². The van der Waals surface area contributed by atoms with Gasteiger partial charge in [-0.25, -0.2) is 0 Å². The largest absolute Gasteiger partial charge is 0.480 e. The molecule has 21 heavy (non-hydrogen) atoms. The van der Waals surface area contributed by atoms with Crippen LogP contribution in [0.5, 0.6) is 0 Å². The van der Waals surface area contributed by atoms with Crippen molar-refractivity contribution >= 4 is 5.97 Å². The molecule has 1 aliphatic heterocycles. The molecule has 0 aromatic rings. The fourth-order valence-electron chi connectivity index (χ4n) is 4.27. The summed E-state index contributed by atoms with van der Waals surface area (Å²) in [4.78, 5) is 14.2. The molecule has 0 bridgehead atoms. The maximum Gasteiger partial charge on any atom is 0.324 e. The Labute approximate surface area is 129 Å². The number of nitrogens with zero attached hydrogens (tertiary/aromatic N) is 1. The molecule has 0 amide bonds. The number of hydrogen-bond acceptors (Lipinski definition) is 3. The van der Waals surface area contributed by atoms with Crippen molar-refractivity contribution in [1.29, 1.82) is 0 Å². The summed E-state index contributed by atoms with van der Waals surface area (Å²) in [6, 6.07) is 0. The van der Waals surface area contributed by atoms with E-state index in [1.165, 1.54) is 19.5 Å². The van der Waals surface area contributed by atoms with Crippen LogP contribution in [0, 0.1) is 17.3 Å². The van der Waals surface area contributed by atoms with E-state index in [2.05, 4.69) is 31.0 Å². The zero-order chi connectivity index (χ0) is 15.7. The molecule has 4 nitrogen and oxygen atoms in total. The number of hydrogen-bond donors (Lipinski definition) is 2. The van der Waals surface area contributed by atoms with Crippen molar-refractivity contribution in [3.63, 3.8) is 0 Å². The summed E-state index contributed by atoms with van der Waals surface area (Å²) in [5, 5.41) is 12.7. The van der Waals surface area contributed by atoms with Crippen molar-refractivity contribution in [1.82, 2.24) is 10.2 Å². The van der Waals surface area contributed by atoms with Crippen LogP contribution in [0.3, 0.4) is 0 Å². The summed E-state index contributed by atoms with van der Waals surface area (Å²) < 4.78 is 0. The van der Waals surface area contributed by atoms with E-state index in [1.54, 1.807) is 7.05 Å². The number of aliphatic carboxylic acids is 1. The maximum absolute atomic E-state index is 11.7. The third kappa shape index (κ3) is 3.42. The van der Waals surface area contributed by atoms with Crippen LogP contribution in [-0.2, 0) is 4.79 Å². The summed E-state index contributed by atoms with van der Waals surface area (Å²) in [5.41, 5.74) is -0.291. The van der Waals surface area contributed by atoms with Crippen LogP contribution in [0.1, 0.15) is 52.9 Å². The molecule has 0 aromatic carbocycles. The number of carboxylic acid groups (broad SMARTS) is 1. The third-order valence-electron chi connectivity index (χ3n) is 5.94. The van der Waals surface area contributed by atoms with Crippen LogP contribution in [0.25, 0.3) is 0 Å². The van der Waals surface area contributed by atoms with E-state index in [0.717, 1.165) is 38.1 Å². The standard InChI is InChI=1S/C17H32N2O2/c1-16(2,3)14-8-11-19(12-14)10-7-13-6-5-9-17(13,18-4)15(20)21/h13-14,18H,5-12H2,1-4H3,(H,20,21). The van der Waals surface area contributed by atoms with Crippen molar-refractivity contribution in [2.75, 3.05) is 26.7 Å². The van der Waals surface area contributed by atoms with Gasteiger partial charge in [0.1, 0.15) is 5.54 Å². The molecule has 0 radical (unpaired) electrons. The fraction of sp³-hybridized carbons (Fsp3) is 0.941. The summed E-state index contributed by atoms with van der Waals surface area (Å²) in [6.07, 6.45) is 5.13. The van der Waals surface area contributed by atoms with Gasteiger partial charge >= 0.3 is 5.97 Å². The Balaban J connectivity index is 1.88. The first-order valence-corrected chi connectivity index (χ1v) is 8.44. The molecule has 1 saturated heterocycles. The molecule has 2 fully saturated rings. The van der Waals surface area contributed by atoms with Crippen molar-refractivity contribution < 1.29 is 9.90 Å². The van der Waals surface area contributed by atoms with E-state index >= 15 is 0 Å². The Morgan fingerprint density at radius 2 is 2.10 bits per heavy atom. The number of nitrogens with one attached hydrogen (secondary N) is 1. The van der Waals surface area contributed by atoms with Crippen LogP contribution >= 0.6 is 0 Å². The zero-order valence-electron chi connectivity index (χ0n) is 14.1. The normalized spacial score (nSPS) is 34.5. The lowest BCUT2D eigenvalue weighted by molar-refractivity contribution is -0.146. The topological polar surface area (TPSA) is 52.6 Å². The first kappa shape index (κ1) is 16.8. The summed E-state index contributed by atoms with van der Waals surface area (Å²) in [5.74, 6) is 0.379. The second kappa shape index (κ2) is 6.25. The van der Waals surface area contributed by atoms with Gasteiger partial charge in [-0.1, -0.05) is 27.2 Å². The summed E-state index contributed by atoms with van der Waals surface area (Å²) in [6.45, 7) is 10.4. The minimum Gasteiger partial charge on any atom is -0.480 e. The number of rotatable bonds is 5. The molecule has 1 heterocycles. The Morgan fingerprint density at radius 3 is 2.62 bits per heavy atom. The monoisotopic (exact) mass is 296 g/mol. The van der Waals surface area contributed by atoms with Gasteiger partial charge in [0.05, 0.1) is 0 Å². The van der Waals surface area contributed by atoms with Crippen LogP contribution in [0.15, 0.2) is 0 Å². The highest BCUT2D eigenvalue weighted by atomic mass is 16.4. The SMILES string of the molecule is CNC1(C(=O)O)CCCC1CCN1CCC(C(C)(C)C)C1. The molecule has 122 valence electrons. The lowest BCUT2D eigenvalue weighted by Gasteiger charge is -2.32. The average Bonchev–Trinajstić information content (AvgIpc) is 3.02. The minimum atomic E-state index is -0.677. The highest BCUT2D eigenvalue weighted by Crippen LogP contribution is 2.39. The van der Waals surface area contributed by atoms with Gasteiger partial charge in [-0.3, -0.25) is 4.79 Å². The molecule has 3 unspecified atom stereocenters. The van der Waals surface area contributed by atoms with Crippen LogP contribution in [0.4, 0.5) is 0 Å². The van der Waals surface area contributed by atoms with E-state index in [9.17, 15) is 9.90 Å². The Bertz CT molecular complexity index is 377. The molecule has 3 atom stereocenters. The van der Waals surface area contributed by atoms with E-state index in [-0.39, 0.29) is 5.92 Å². The molecule has 1 saturated carbocycles. The van der Waals surface area contributed by atoms with Crippen molar-refractivity contribution in [3.8, 4) is 0 Å². The third-order valence-corrected chi connectivity index (χ3v) is 5.94. The van der Waals surface area contributed by atoms with Gasteiger partial charge in [0.15, 0.2) is 0 Å². The molecule has 4 heteroatoms. The fourth-order valence-corrected chi connectivity index (χ4v) is 4.27.